The zero-order chi connectivity index (χ0) is 10.4. The van der Waals surface area contributed by atoms with E-state index in [2.05, 4.69) is 45.8 Å². The van der Waals surface area contributed by atoms with E-state index in [1.807, 2.05) is 12.3 Å². The number of pyridine rings is 1. The highest BCUT2D eigenvalue weighted by atomic mass is 79.9. The molecule has 2 nitrogen and oxygen atoms in total. The lowest BCUT2D eigenvalue weighted by molar-refractivity contribution is 0.553. The summed E-state index contributed by atoms with van der Waals surface area (Å²) in [4.78, 5) is 4.10. The molecule has 1 rings (SSSR count). The van der Waals surface area contributed by atoms with Crippen molar-refractivity contribution in [3.8, 4) is 0 Å². The van der Waals surface area contributed by atoms with Crippen LogP contribution in [0, 0.1) is 0 Å². The van der Waals surface area contributed by atoms with Crippen molar-refractivity contribution in [3.05, 3.63) is 41.2 Å². The first-order valence-corrected chi connectivity index (χ1v) is 5.45. The topological polar surface area (TPSA) is 24.9 Å². The average Bonchev–Trinajstić information content (AvgIpc) is 2.15. The summed E-state index contributed by atoms with van der Waals surface area (Å²) in [5, 5.41) is 3.39. The van der Waals surface area contributed by atoms with Crippen LogP contribution in [0.25, 0.3) is 0 Å². The first-order chi connectivity index (χ1) is 6.72. The van der Waals surface area contributed by atoms with Crippen LogP contribution in [-0.4, -0.2) is 11.0 Å². The summed E-state index contributed by atoms with van der Waals surface area (Å²) in [5.74, 6) is 0. The molecule has 0 bridgehead atoms. The lowest BCUT2D eigenvalue weighted by atomic mass is 10.2. The van der Waals surface area contributed by atoms with Gasteiger partial charge in [0.25, 0.3) is 0 Å². The predicted molar refractivity (Wildman–Crippen MR) is 63.1 cm³/mol. The Labute approximate surface area is 93.6 Å². The zero-order valence-electron chi connectivity index (χ0n) is 8.33. The molecule has 1 aromatic heterocycles. The maximum absolute atomic E-state index is 4.10. The molecule has 0 aromatic carbocycles. The van der Waals surface area contributed by atoms with E-state index in [0.717, 1.165) is 17.4 Å². The largest absolute Gasteiger partial charge is 0.310 e. The van der Waals surface area contributed by atoms with Crippen LogP contribution in [0.2, 0.25) is 0 Å². The van der Waals surface area contributed by atoms with Crippen molar-refractivity contribution in [2.45, 2.75) is 25.9 Å². The molecule has 1 atom stereocenters. The third kappa shape index (κ3) is 4.03. The van der Waals surface area contributed by atoms with Gasteiger partial charge in [-0.2, -0.15) is 0 Å². The van der Waals surface area contributed by atoms with E-state index < -0.39 is 0 Å². The Balaban J connectivity index is 2.41. The predicted octanol–water partition coefficient (Wildman–Crippen LogP) is 2.90. The van der Waals surface area contributed by atoms with E-state index in [1.54, 1.807) is 6.20 Å². The first kappa shape index (κ1) is 11.4. The molecule has 1 aromatic rings. The van der Waals surface area contributed by atoms with E-state index in [1.165, 1.54) is 5.56 Å². The standard InChI is InChI=1S/C11H15BrN2/c1-3-4-9(2)14-7-10-5-11(12)8-13-6-10/h3,5-6,8-9,14H,1,4,7H2,2H3. The van der Waals surface area contributed by atoms with Crippen molar-refractivity contribution in [2.75, 3.05) is 0 Å². The summed E-state index contributed by atoms with van der Waals surface area (Å²) < 4.78 is 1.02. The molecule has 14 heavy (non-hydrogen) atoms. The molecule has 0 aliphatic rings. The van der Waals surface area contributed by atoms with E-state index in [0.29, 0.717) is 6.04 Å². The number of halogens is 1. The van der Waals surface area contributed by atoms with E-state index in [4.69, 9.17) is 0 Å². The van der Waals surface area contributed by atoms with Crippen LogP contribution in [0.4, 0.5) is 0 Å². The number of hydrogen-bond acceptors (Lipinski definition) is 2. The fourth-order valence-electron chi connectivity index (χ4n) is 1.18. The van der Waals surface area contributed by atoms with E-state index in [-0.39, 0.29) is 0 Å². The van der Waals surface area contributed by atoms with Crippen LogP contribution < -0.4 is 5.32 Å². The second-order valence-electron chi connectivity index (χ2n) is 3.32. The van der Waals surface area contributed by atoms with Gasteiger partial charge in [-0.3, -0.25) is 4.98 Å². The van der Waals surface area contributed by atoms with Gasteiger partial charge in [-0.25, -0.2) is 0 Å². The maximum atomic E-state index is 4.10. The zero-order valence-corrected chi connectivity index (χ0v) is 9.92. The highest BCUT2D eigenvalue weighted by Crippen LogP contribution is 2.09. The van der Waals surface area contributed by atoms with Gasteiger partial charge >= 0.3 is 0 Å². The lowest BCUT2D eigenvalue weighted by Crippen LogP contribution is -2.24. The molecule has 0 aliphatic carbocycles. The van der Waals surface area contributed by atoms with Gasteiger partial charge in [0, 0.05) is 29.5 Å². The van der Waals surface area contributed by atoms with Crippen LogP contribution in [0.5, 0.6) is 0 Å². The Kier molecular flexibility index (Phi) is 4.84. The van der Waals surface area contributed by atoms with Crippen LogP contribution in [0.15, 0.2) is 35.6 Å². The summed E-state index contributed by atoms with van der Waals surface area (Å²) in [7, 11) is 0. The Hall–Kier alpha value is -0.670. The minimum absolute atomic E-state index is 0.464. The van der Waals surface area contributed by atoms with Gasteiger partial charge in [0.15, 0.2) is 0 Å². The number of hydrogen-bond donors (Lipinski definition) is 1. The molecule has 1 unspecified atom stereocenters. The summed E-state index contributed by atoms with van der Waals surface area (Å²) >= 11 is 3.39. The second kappa shape index (κ2) is 5.94. The molecule has 0 saturated carbocycles. The number of nitrogens with one attached hydrogen (secondary N) is 1. The Morgan fingerprint density at radius 1 is 1.64 bits per heavy atom. The average molecular weight is 255 g/mol. The quantitative estimate of drug-likeness (QED) is 0.818. The second-order valence-corrected chi connectivity index (χ2v) is 4.23. The van der Waals surface area contributed by atoms with Crippen LogP contribution >= 0.6 is 15.9 Å². The van der Waals surface area contributed by atoms with Gasteiger partial charge < -0.3 is 5.32 Å². The van der Waals surface area contributed by atoms with Crippen molar-refractivity contribution in [3.63, 3.8) is 0 Å². The molecule has 1 N–H and O–H groups in total. The van der Waals surface area contributed by atoms with Crippen molar-refractivity contribution in [1.29, 1.82) is 0 Å². The van der Waals surface area contributed by atoms with Crippen molar-refractivity contribution < 1.29 is 0 Å². The molecule has 0 saturated heterocycles. The molecule has 1 heterocycles. The highest BCUT2D eigenvalue weighted by Gasteiger charge is 1.99. The fourth-order valence-corrected chi connectivity index (χ4v) is 1.59. The van der Waals surface area contributed by atoms with Gasteiger partial charge in [0.2, 0.25) is 0 Å². The molecular formula is C11H15BrN2. The first-order valence-electron chi connectivity index (χ1n) is 4.66. The highest BCUT2D eigenvalue weighted by molar-refractivity contribution is 9.10. The lowest BCUT2D eigenvalue weighted by Gasteiger charge is -2.11. The van der Waals surface area contributed by atoms with Crippen LogP contribution in [-0.2, 0) is 6.54 Å². The third-order valence-electron chi connectivity index (χ3n) is 1.94. The molecule has 0 radical (unpaired) electrons. The van der Waals surface area contributed by atoms with Gasteiger partial charge in [-0.05, 0) is 40.9 Å². The van der Waals surface area contributed by atoms with Crippen LogP contribution in [0.3, 0.4) is 0 Å². The van der Waals surface area contributed by atoms with Gasteiger partial charge in [0.1, 0.15) is 0 Å². The molecule has 3 heteroatoms. The fraction of sp³-hybridized carbons (Fsp3) is 0.364. The minimum Gasteiger partial charge on any atom is -0.310 e. The molecular weight excluding hydrogens is 240 g/mol. The van der Waals surface area contributed by atoms with Crippen molar-refractivity contribution in [1.82, 2.24) is 10.3 Å². The van der Waals surface area contributed by atoms with Crippen LogP contribution in [0.1, 0.15) is 18.9 Å². The Morgan fingerprint density at radius 2 is 2.43 bits per heavy atom. The Morgan fingerprint density at radius 3 is 3.07 bits per heavy atom. The maximum Gasteiger partial charge on any atom is 0.0410 e. The number of aromatic nitrogens is 1. The smallest absolute Gasteiger partial charge is 0.0410 e. The van der Waals surface area contributed by atoms with Crippen molar-refractivity contribution >= 4 is 15.9 Å². The van der Waals surface area contributed by atoms with Gasteiger partial charge in [-0.15, -0.1) is 6.58 Å². The van der Waals surface area contributed by atoms with Gasteiger partial charge in [-0.1, -0.05) is 6.08 Å². The molecule has 0 amide bonds. The number of rotatable bonds is 5. The summed E-state index contributed by atoms with van der Waals surface area (Å²) in [6, 6.07) is 2.53. The minimum atomic E-state index is 0.464. The van der Waals surface area contributed by atoms with Gasteiger partial charge in [0.05, 0.1) is 0 Å². The van der Waals surface area contributed by atoms with E-state index in [9.17, 15) is 0 Å². The van der Waals surface area contributed by atoms with E-state index >= 15 is 0 Å². The molecule has 76 valence electrons. The molecule has 0 aliphatic heterocycles. The summed E-state index contributed by atoms with van der Waals surface area (Å²) in [6.07, 6.45) is 6.58. The normalized spacial score (nSPS) is 12.4. The molecule has 0 spiro atoms. The molecule has 0 fully saturated rings. The third-order valence-corrected chi connectivity index (χ3v) is 2.37. The summed E-state index contributed by atoms with van der Waals surface area (Å²) in [5.41, 5.74) is 1.19. The summed E-state index contributed by atoms with van der Waals surface area (Å²) in [6.45, 7) is 6.70. The SMILES string of the molecule is C=CCC(C)NCc1cncc(Br)c1. The van der Waals surface area contributed by atoms with Crippen molar-refractivity contribution in [2.24, 2.45) is 0 Å². The Bertz CT molecular complexity index is 299. The number of nitrogens with zero attached hydrogens (tertiary/aromatic N) is 1. The monoisotopic (exact) mass is 254 g/mol.